The number of benzene rings is 2. The molecule has 0 aliphatic rings. The van der Waals surface area contributed by atoms with Crippen LogP contribution < -0.4 is 15.8 Å². The van der Waals surface area contributed by atoms with E-state index in [9.17, 15) is 4.79 Å². The zero-order chi connectivity index (χ0) is 15.2. The summed E-state index contributed by atoms with van der Waals surface area (Å²) in [4.78, 5) is 12.1. The summed E-state index contributed by atoms with van der Waals surface area (Å²) in [5.74, 6) is 0.779. The second-order valence-electron chi connectivity index (χ2n) is 4.98. The number of nitrogen functional groups attached to an aromatic ring is 1. The van der Waals surface area contributed by atoms with E-state index in [0.29, 0.717) is 12.1 Å². The van der Waals surface area contributed by atoms with Crippen LogP contribution in [0.15, 0.2) is 48.5 Å². The number of nitrogens with one attached hydrogen (secondary N) is 1. The summed E-state index contributed by atoms with van der Waals surface area (Å²) in [6.07, 6.45) is 0.325. The second kappa shape index (κ2) is 6.79. The first kappa shape index (κ1) is 14.9. The van der Waals surface area contributed by atoms with Crippen molar-refractivity contribution in [3.05, 3.63) is 59.7 Å². The third kappa shape index (κ3) is 4.24. The normalized spacial score (nSPS) is 11.7. The lowest BCUT2D eigenvalue weighted by Crippen LogP contribution is -2.28. The van der Waals surface area contributed by atoms with Crippen LogP contribution in [0.3, 0.4) is 0 Å². The molecule has 0 saturated heterocycles. The van der Waals surface area contributed by atoms with Crippen LogP contribution in [0.4, 0.5) is 5.69 Å². The van der Waals surface area contributed by atoms with E-state index < -0.39 is 0 Å². The summed E-state index contributed by atoms with van der Waals surface area (Å²) in [7, 11) is 1.63. The third-order valence-electron chi connectivity index (χ3n) is 3.31. The molecule has 0 bridgehead atoms. The van der Waals surface area contributed by atoms with E-state index in [1.165, 1.54) is 0 Å². The smallest absolute Gasteiger partial charge is 0.224 e. The van der Waals surface area contributed by atoms with E-state index in [-0.39, 0.29) is 11.9 Å². The van der Waals surface area contributed by atoms with Crippen molar-refractivity contribution in [2.24, 2.45) is 0 Å². The number of ether oxygens (including phenoxy) is 1. The molecular weight excluding hydrogens is 264 g/mol. The standard InChI is InChI=1S/C17H20N2O2/c1-12(14-6-8-16(21-2)9-7-14)19-17(20)11-13-4-3-5-15(18)10-13/h3-10,12H,11,18H2,1-2H3,(H,19,20)/t12-/m0/s1. The van der Waals surface area contributed by atoms with Gasteiger partial charge in [0.25, 0.3) is 0 Å². The molecule has 0 fully saturated rings. The first-order valence-corrected chi connectivity index (χ1v) is 6.86. The topological polar surface area (TPSA) is 64.3 Å². The molecule has 1 atom stereocenters. The summed E-state index contributed by atoms with van der Waals surface area (Å²) >= 11 is 0. The maximum absolute atomic E-state index is 12.1. The van der Waals surface area contributed by atoms with Crippen LogP contribution in [0.25, 0.3) is 0 Å². The summed E-state index contributed by atoms with van der Waals surface area (Å²) in [5, 5.41) is 2.98. The monoisotopic (exact) mass is 284 g/mol. The molecule has 2 aromatic carbocycles. The minimum atomic E-state index is -0.0514. The Bertz CT molecular complexity index is 608. The second-order valence-corrected chi connectivity index (χ2v) is 4.98. The lowest BCUT2D eigenvalue weighted by atomic mass is 10.1. The molecule has 0 radical (unpaired) electrons. The largest absolute Gasteiger partial charge is 0.497 e. The molecule has 0 aromatic heterocycles. The van der Waals surface area contributed by atoms with Crippen LogP contribution in [0.1, 0.15) is 24.1 Å². The molecule has 0 heterocycles. The first-order chi connectivity index (χ1) is 10.1. The molecule has 0 saturated carbocycles. The van der Waals surface area contributed by atoms with Crippen molar-refractivity contribution >= 4 is 11.6 Å². The van der Waals surface area contributed by atoms with Gasteiger partial charge in [0.2, 0.25) is 5.91 Å². The van der Waals surface area contributed by atoms with Crippen LogP contribution in [0, 0.1) is 0 Å². The lowest BCUT2D eigenvalue weighted by Gasteiger charge is -2.15. The Kier molecular flexibility index (Phi) is 4.82. The van der Waals surface area contributed by atoms with Gasteiger partial charge in [-0.05, 0) is 42.3 Å². The van der Waals surface area contributed by atoms with Crippen molar-refractivity contribution < 1.29 is 9.53 Å². The molecule has 2 aromatic rings. The fraction of sp³-hybridized carbons (Fsp3) is 0.235. The number of anilines is 1. The van der Waals surface area contributed by atoms with Gasteiger partial charge in [0.1, 0.15) is 5.75 Å². The Morgan fingerprint density at radius 2 is 1.95 bits per heavy atom. The molecule has 4 heteroatoms. The molecule has 0 unspecified atom stereocenters. The highest BCUT2D eigenvalue weighted by Gasteiger charge is 2.10. The van der Waals surface area contributed by atoms with Gasteiger partial charge in [-0.1, -0.05) is 24.3 Å². The van der Waals surface area contributed by atoms with Gasteiger partial charge in [-0.2, -0.15) is 0 Å². The van der Waals surface area contributed by atoms with Crippen LogP contribution in [0.5, 0.6) is 5.75 Å². The van der Waals surface area contributed by atoms with Crippen molar-refractivity contribution in [3.63, 3.8) is 0 Å². The van der Waals surface area contributed by atoms with Crippen LogP contribution in [0.2, 0.25) is 0 Å². The van der Waals surface area contributed by atoms with E-state index in [2.05, 4.69) is 5.32 Å². The molecule has 0 aliphatic heterocycles. The molecule has 3 N–H and O–H groups in total. The van der Waals surface area contributed by atoms with Crippen molar-refractivity contribution in [3.8, 4) is 5.75 Å². The van der Waals surface area contributed by atoms with Gasteiger partial charge in [0, 0.05) is 5.69 Å². The molecule has 2 rings (SSSR count). The Morgan fingerprint density at radius 3 is 2.57 bits per heavy atom. The minimum absolute atomic E-state index is 0.0241. The molecule has 1 amide bonds. The number of hydrogen-bond acceptors (Lipinski definition) is 3. The number of carbonyl (C=O) groups excluding carboxylic acids is 1. The van der Waals surface area contributed by atoms with E-state index in [4.69, 9.17) is 10.5 Å². The van der Waals surface area contributed by atoms with Gasteiger partial charge in [-0.25, -0.2) is 0 Å². The van der Waals surface area contributed by atoms with E-state index in [0.717, 1.165) is 16.9 Å². The van der Waals surface area contributed by atoms with Gasteiger partial charge in [0.05, 0.1) is 19.6 Å². The summed E-state index contributed by atoms with van der Waals surface area (Å²) in [6, 6.07) is 15.0. The zero-order valence-electron chi connectivity index (χ0n) is 12.3. The average molecular weight is 284 g/mol. The van der Waals surface area contributed by atoms with Crippen molar-refractivity contribution in [2.75, 3.05) is 12.8 Å². The number of nitrogens with two attached hydrogens (primary N) is 1. The van der Waals surface area contributed by atoms with Gasteiger partial charge < -0.3 is 15.8 Å². The van der Waals surface area contributed by atoms with Crippen molar-refractivity contribution in [2.45, 2.75) is 19.4 Å². The van der Waals surface area contributed by atoms with Crippen molar-refractivity contribution in [1.29, 1.82) is 0 Å². The quantitative estimate of drug-likeness (QED) is 0.830. The highest BCUT2D eigenvalue weighted by atomic mass is 16.5. The number of amides is 1. The average Bonchev–Trinajstić information content (AvgIpc) is 2.47. The fourth-order valence-electron chi connectivity index (χ4n) is 2.16. The SMILES string of the molecule is COc1ccc([C@H](C)NC(=O)Cc2cccc(N)c2)cc1. The predicted octanol–water partition coefficient (Wildman–Crippen LogP) is 2.70. The predicted molar refractivity (Wildman–Crippen MR) is 84.1 cm³/mol. The summed E-state index contributed by atoms with van der Waals surface area (Å²) in [5.41, 5.74) is 8.33. The van der Waals surface area contributed by atoms with E-state index in [1.54, 1.807) is 13.2 Å². The van der Waals surface area contributed by atoms with Crippen LogP contribution in [-0.4, -0.2) is 13.0 Å². The highest BCUT2D eigenvalue weighted by molar-refractivity contribution is 5.79. The Balaban J connectivity index is 1.95. The van der Waals surface area contributed by atoms with Gasteiger partial charge >= 0.3 is 0 Å². The Hall–Kier alpha value is -2.49. The van der Waals surface area contributed by atoms with Crippen molar-refractivity contribution in [1.82, 2.24) is 5.32 Å². The molecule has 110 valence electrons. The maximum Gasteiger partial charge on any atom is 0.224 e. The van der Waals surface area contributed by atoms with E-state index >= 15 is 0 Å². The lowest BCUT2D eigenvalue weighted by molar-refractivity contribution is -0.121. The molecule has 21 heavy (non-hydrogen) atoms. The maximum atomic E-state index is 12.1. The minimum Gasteiger partial charge on any atom is -0.497 e. The third-order valence-corrected chi connectivity index (χ3v) is 3.31. The molecule has 0 spiro atoms. The summed E-state index contributed by atoms with van der Waals surface area (Å²) in [6.45, 7) is 1.96. The number of carbonyl (C=O) groups is 1. The van der Waals surface area contributed by atoms with E-state index in [1.807, 2.05) is 49.4 Å². The van der Waals surface area contributed by atoms with Gasteiger partial charge in [-0.3, -0.25) is 4.79 Å². The van der Waals surface area contributed by atoms with Gasteiger partial charge in [0.15, 0.2) is 0 Å². The number of methoxy groups -OCH3 is 1. The Morgan fingerprint density at radius 1 is 1.24 bits per heavy atom. The molecule has 0 aliphatic carbocycles. The van der Waals surface area contributed by atoms with Crippen LogP contribution >= 0.6 is 0 Å². The molecule has 4 nitrogen and oxygen atoms in total. The van der Waals surface area contributed by atoms with Crippen LogP contribution in [-0.2, 0) is 11.2 Å². The summed E-state index contributed by atoms with van der Waals surface area (Å²) < 4.78 is 5.12. The number of hydrogen-bond donors (Lipinski definition) is 2. The molecular formula is C17H20N2O2. The zero-order valence-corrected chi connectivity index (χ0v) is 12.3. The van der Waals surface area contributed by atoms with Gasteiger partial charge in [-0.15, -0.1) is 0 Å². The fourth-order valence-corrected chi connectivity index (χ4v) is 2.16. The first-order valence-electron chi connectivity index (χ1n) is 6.86. The number of rotatable bonds is 5. The highest BCUT2D eigenvalue weighted by Crippen LogP contribution is 2.17. The Labute approximate surface area is 124 Å².